The second-order valence-electron chi connectivity index (χ2n) is 8.95. The number of hydrogen-bond acceptors (Lipinski definition) is 5. The number of likely N-dealkylation sites (tertiary alicyclic amines) is 1. The molecule has 3 rings (SSSR count). The normalized spacial score (nSPS) is 23.1. The molecule has 2 fully saturated rings. The van der Waals surface area contributed by atoms with Crippen molar-refractivity contribution in [1.29, 1.82) is 0 Å². The van der Waals surface area contributed by atoms with Crippen LogP contribution < -0.4 is 10.2 Å². The van der Waals surface area contributed by atoms with Crippen molar-refractivity contribution in [1.82, 2.24) is 4.90 Å². The highest BCUT2D eigenvalue weighted by atomic mass is 16.7. The third kappa shape index (κ3) is 5.26. The molecule has 2 aliphatic rings. The Labute approximate surface area is 175 Å². The quantitative estimate of drug-likeness (QED) is 0.535. The van der Waals surface area contributed by atoms with Crippen molar-refractivity contribution in [3.8, 4) is 5.75 Å². The van der Waals surface area contributed by atoms with Gasteiger partial charge in [-0.25, -0.2) is 4.79 Å². The van der Waals surface area contributed by atoms with Crippen molar-refractivity contribution in [3.63, 3.8) is 0 Å². The Kier molecular flexibility index (Phi) is 6.79. The van der Waals surface area contributed by atoms with Gasteiger partial charge in [0.05, 0.1) is 24.4 Å². The summed E-state index contributed by atoms with van der Waals surface area (Å²) in [6.07, 6.45) is 3.50. The number of benzene rings is 1. The fourth-order valence-corrected chi connectivity index (χ4v) is 3.47. The van der Waals surface area contributed by atoms with Crippen LogP contribution in [0.5, 0.6) is 5.75 Å². The molecule has 2 saturated heterocycles. The van der Waals surface area contributed by atoms with Gasteiger partial charge >= 0.3 is 13.2 Å². The van der Waals surface area contributed by atoms with E-state index in [-0.39, 0.29) is 30.5 Å². The molecule has 7 heteroatoms. The minimum absolute atomic E-state index is 0.0230. The first-order valence-electron chi connectivity index (χ1n) is 10.8. The standard InChI is InChI=1S/C22H34BNO5/c1-6-7-15-26-20(25)24-14-8-9-19(16-24)27-18-12-10-17(11-13-18)23-28-21(2,3)22(4,5)29-23/h10-13,19H,6-9,14-16H2,1-5H3. The summed E-state index contributed by atoms with van der Waals surface area (Å²) in [6.45, 7) is 12.0. The monoisotopic (exact) mass is 403 g/mol. The molecule has 0 aliphatic carbocycles. The van der Waals surface area contributed by atoms with E-state index in [0.29, 0.717) is 13.2 Å². The van der Waals surface area contributed by atoms with Crippen molar-refractivity contribution >= 4 is 18.7 Å². The highest BCUT2D eigenvalue weighted by molar-refractivity contribution is 6.62. The maximum atomic E-state index is 12.2. The molecule has 1 atom stereocenters. The van der Waals surface area contributed by atoms with Gasteiger partial charge in [0.1, 0.15) is 11.9 Å². The number of ether oxygens (including phenoxy) is 2. The van der Waals surface area contributed by atoms with Gasteiger partial charge in [-0.2, -0.15) is 0 Å². The average molecular weight is 403 g/mol. The molecule has 0 bridgehead atoms. The highest BCUT2D eigenvalue weighted by Crippen LogP contribution is 2.36. The van der Waals surface area contributed by atoms with E-state index in [0.717, 1.165) is 43.4 Å². The molecule has 2 heterocycles. The molecule has 1 aromatic carbocycles. The summed E-state index contributed by atoms with van der Waals surface area (Å²) in [4.78, 5) is 13.9. The summed E-state index contributed by atoms with van der Waals surface area (Å²) in [5, 5.41) is 0. The lowest BCUT2D eigenvalue weighted by Gasteiger charge is -2.32. The molecular weight excluding hydrogens is 369 g/mol. The Bertz CT molecular complexity index is 675. The van der Waals surface area contributed by atoms with Crippen molar-refractivity contribution in [2.75, 3.05) is 19.7 Å². The maximum absolute atomic E-state index is 12.2. The lowest BCUT2D eigenvalue weighted by Crippen LogP contribution is -2.44. The number of hydrogen-bond donors (Lipinski definition) is 0. The molecule has 0 saturated carbocycles. The van der Waals surface area contributed by atoms with E-state index in [9.17, 15) is 4.79 Å². The van der Waals surface area contributed by atoms with Gasteiger partial charge < -0.3 is 23.7 Å². The molecule has 1 aromatic rings. The Morgan fingerprint density at radius 3 is 2.45 bits per heavy atom. The fraction of sp³-hybridized carbons (Fsp3) is 0.682. The van der Waals surface area contributed by atoms with E-state index in [1.165, 1.54) is 0 Å². The molecule has 0 radical (unpaired) electrons. The van der Waals surface area contributed by atoms with Gasteiger partial charge in [0.2, 0.25) is 0 Å². The Balaban J connectivity index is 1.54. The number of unbranched alkanes of at least 4 members (excludes halogenated alkanes) is 1. The van der Waals surface area contributed by atoms with E-state index in [1.807, 2.05) is 52.0 Å². The van der Waals surface area contributed by atoms with Crippen molar-refractivity contribution in [2.24, 2.45) is 0 Å². The minimum atomic E-state index is -0.378. The van der Waals surface area contributed by atoms with Crippen LogP contribution in [0.3, 0.4) is 0 Å². The van der Waals surface area contributed by atoms with Crippen LogP contribution >= 0.6 is 0 Å². The van der Waals surface area contributed by atoms with Crippen LogP contribution in [0.25, 0.3) is 0 Å². The second kappa shape index (κ2) is 8.96. The van der Waals surface area contributed by atoms with Gasteiger partial charge in [0.15, 0.2) is 0 Å². The predicted octanol–water partition coefficient (Wildman–Crippen LogP) is 3.77. The summed E-state index contributed by atoms with van der Waals surface area (Å²) in [7, 11) is -0.378. The van der Waals surface area contributed by atoms with Crippen LogP contribution in [0, 0.1) is 0 Å². The van der Waals surface area contributed by atoms with Gasteiger partial charge in [-0.1, -0.05) is 25.5 Å². The second-order valence-corrected chi connectivity index (χ2v) is 8.95. The zero-order valence-electron chi connectivity index (χ0n) is 18.4. The van der Waals surface area contributed by atoms with Crippen LogP contribution in [-0.4, -0.2) is 55.1 Å². The average Bonchev–Trinajstić information content (AvgIpc) is 2.90. The number of amides is 1. The van der Waals surface area contributed by atoms with Gasteiger partial charge in [0, 0.05) is 6.54 Å². The van der Waals surface area contributed by atoms with E-state index >= 15 is 0 Å². The lowest BCUT2D eigenvalue weighted by atomic mass is 9.79. The molecule has 160 valence electrons. The maximum Gasteiger partial charge on any atom is 0.494 e. The molecule has 1 amide bonds. The van der Waals surface area contributed by atoms with Crippen LogP contribution in [-0.2, 0) is 14.0 Å². The van der Waals surface area contributed by atoms with Crippen LogP contribution in [0.4, 0.5) is 4.79 Å². The van der Waals surface area contributed by atoms with Crippen LogP contribution in [0.15, 0.2) is 24.3 Å². The Morgan fingerprint density at radius 1 is 1.17 bits per heavy atom. The minimum Gasteiger partial charge on any atom is -0.489 e. The molecule has 29 heavy (non-hydrogen) atoms. The molecule has 0 N–H and O–H groups in total. The number of carbonyl (C=O) groups is 1. The van der Waals surface area contributed by atoms with Gasteiger partial charge in [-0.05, 0) is 64.6 Å². The number of nitrogens with zero attached hydrogens (tertiary/aromatic N) is 1. The number of carbonyl (C=O) groups excluding carboxylic acids is 1. The first kappa shape index (κ1) is 22.0. The summed E-state index contributed by atoms with van der Waals surface area (Å²) in [6, 6.07) is 7.85. The fourth-order valence-electron chi connectivity index (χ4n) is 3.47. The van der Waals surface area contributed by atoms with Gasteiger partial charge in [-0.15, -0.1) is 0 Å². The topological polar surface area (TPSA) is 57.2 Å². The van der Waals surface area contributed by atoms with Gasteiger partial charge in [-0.3, -0.25) is 0 Å². The molecule has 6 nitrogen and oxygen atoms in total. The molecule has 0 aromatic heterocycles. The number of rotatable bonds is 6. The van der Waals surface area contributed by atoms with E-state index in [2.05, 4.69) is 6.92 Å². The summed E-state index contributed by atoms with van der Waals surface area (Å²) in [5.74, 6) is 0.788. The SMILES string of the molecule is CCCCOC(=O)N1CCCC(Oc2ccc(B3OC(C)(C)C(C)(C)O3)cc2)C1. The smallest absolute Gasteiger partial charge is 0.489 e. The van der Waals surface area contributed by atoms with Crippen LogP contribution in [0.2, 0.25) is 0 Å². The molecular formula is C22H34BNO5. The van der Waals surface area contributed by atoms with Crippen molar-refractivity contribution < 1.29 is 23.6 Å². The lowest BCUT2D eigenvalue weighted by molar-refractivity contribution is 0.00578. The summed E-state index contributed by atoms with van der Waals surface area (Å²) < 4.78 is 23.7. The largest absolute Gasteiger partial charge is 0.494 e. The van der Waals surface area contributed by atoms with Crippen LogP contribution in [0.1, 0.15) is 60.3 Å². The van der Waals surface area contributed by atoms with E-state index in [4.69, 9.17) is 18.8 Å². The molecule has 2 aliphatic heterocycles. The molecule has 0 spiro atoms. The predicted molar refractivity (Wildman–Crippen MR) is 114 cm³/mol. The molecule has 1 unspecified atom stereocenters. The van der Waals surface area contributed by atoms with Gasteiger partial charge in [0.25, 0.3) is 0 Å². The third-order valence-corrected chi connectivity index (χ3v) is 6.07. The van der Waals surface area contributed by atoms with E-state index < -0.39 is 0 Å². The summed E-state index contributed by atoms with van der Waals surface area (Å²) in [5.41, 5.74) is 0.259. The highest BCUT2D eigenvalue weighted by Gasteiger charge is 2.51. The zero-order valence-corrected chi connectivity index (χ0v) is 18.4. The Hall–Kier alpha value is -1.73. The van der Waals surface area contributed by atoms with E-state index in [1.54, 1.807) is 4.90 Å². The third-order valence-electron chi connectivity index (χ3n) is 6.07. The first-order chi connectivity index (χ1) is 13.7. The zero-order chi connectivity index (χ0) is 21.1. The Morgan fingerprint density at radius 2 is 1.83 bits per heavy atom. The first-order valence-corrected chi connectivity index (χ1v) is 10.8. The summed E-state index contributed by atoms with van der Waals surface area (Å²) >= 11 is 0. The van der Waals surface area contributed by atoms with Crippen molar-refractivity contribution in [2.45, 2.75) is 77.6 Å². The van der Waals surface area contributed by atoms with Crippen molar-refractivity contribution in [3.05, 3.63) is 24.3 Å². The number of piperidine rings is 1.